The van der Waals surface area contributed by atoms with Gasteiger partial charge < -0.3 is 10.1 Å². The van der Waals surface area contributed by atoms with Gasteiger partial charge in [0.1, 0.15) is 0 Å². The van der Waals surface area contributed by atoms with Crippen LogP contribution in [0.3, 0.4) is 0 Å². The first-order chi connectivity index (χ1) is 8.13. The zero-order valence-electron chi connectivity index (χ0n) is 10.2. The van der Waals surface area contributed by atoms with Gasteiger partial charge in [-0.3, -0.25) is 9.59 Å². The standard InChI is InChI=1S/C12H19NO3S/c1-16-11(15)6-12(4-5-12)8-17-7-10(14)13-9-2-3-9/h9H,2-8H2,1H3,(H,13,14). The molecule has 0 aromatic heterocycles. The van der Waals surface area contributed by atoms with Crippen LogP contribution >= 0.6 is 11.8 Å². The number of thioether (sulfide) groups is 1. The molecule has 2 saturated carbocycles. The molecule has 4 nitrogen and oxygen atoms in total. The third-order valence-corrected chi connectivity index (χ3v) is 4.57. The topological polar surface area (TPSA) is 55.4 Å². The summed E-state index contributed by atoms with van der Waals surface area (Å²) < 4.78 is 4.69. The average Bonchev–Trinajstić information content (AvgIpc) is 3.17. The van der Waals surface area contributed by atoms with Crippen LogP contribution in [0.15, 0.2) is 0 Å². The van der Waals surface area contributed by atoms with Crippen molar-refractivity contribution in [3.8, 4) is 0 Å². The number of methoxy groups -OCH3 is 1. The van der Waals surface area contributed by atoms with Crippen LogP contribution in [0.25, 0.3) is 0 Å². The molecule has 0 aliphatic heterocycles. The van der Waals surface area contributed by atoms with Crippen LogP contribution in [0.2, 0.25) is 0 Å². The van der Waals surface area contributed by atoms with Gasteiger partial charge in [0.25, 0.3) is 0 Å². The van der Waals surface area contributed by atoms with Gasteiger partial charge >= 0.3 is 5.97 Å². The Bertz CT molecular complexity index is 311. The van der Waals surface area contributed by atoms with Crippen molar-refractivity contribution in [1.82, 2.24) is 5.32 Å². The predicted molar refractivity (Wildman–Crippen MR) is 66.8 cm³/mol. The number of esters is 1. The Kier molecular flexibility index (Phi) is 3.97. The highest BCUT2D eigenvalue weighted by Gasteiger charge is 2.44. The van der Waals surface area contributed by atoms with Crippen LogP contribution in [0.1, 0.15) is 32.1 Å². The molecule has 2 aliphatic rings. The van der Waals surface area contributed by atoms with Crippen molar-refractivity contribution in [2.24, 2.45) is 5.41 Å². The largest absolute Gasteiger partial charge is 0.469 e. The van der Waals surface area contributed by atoms with Gasteiger partial charge in [0.05, 0.1) is 19.3 Å². The lowest BCUT2D eigenvalue weighted by atomic mass is 10.1. The summed E-state index contributed by atoms with van der Waals surface area (Å²) in [7, 11) is 1.43. The molecular formula is C12H19NO3S. The van der Waals surface area contributed by atoms with Gasteiger partial charge in [-0.25, -0.2) is 0 Å². The number of amides is 1. The Balaban J connectivity index is 1.60. The van der Waals surface area contributed by atoms with E-state index in [4.69, 9.17) is 0 Å². The van der Waals surface area contributed by atoms with E-state index >= 15 is 0 Å². The van der Waals surface area contributed by atoms with E-state index in [2.05, 4.69) is 10.1 Å². The lowest BCUT2D eigenvalue weighted by Gasteiger charge is -2.12. The zero-order valence-corrected chi connectivity index (χ0v) is 11.0. The maximum atomic E-state index is 11.5. The highest BCUT2D eigenvalue weighted by atomic mass is 32.2. The van der Waals surface area contributed by atoms with E-state index in [1.807, 2.05) is 0 Å². The van der Waals surface area contributed by atoms with Crippen molar-refractivity contribution >= 4 is 23.6 Å². The van der Waals surface area contributed by atoms with Crippen molar-refractivity contribution in [3.05, 3.63) is 0 Å². The second kappa shape index (κ2) is 5.29. The first-order valence-corrected chi connectivity index (χ1v) is 7.23. The average molecular weight is 257 g/mol. The van der Waals surface area contributed by atoms with E-state index in [1.54, 1.807) is 11.8 Å². The third-order valence-electron chi connectivity index (χ3n) is 3.29. The van der Waals surface area contributed by atoms with Gasteiger partial charge in [0, 0.05) is 6.04 Å². The molecule has 1 N–H and O–H groups in total. The van der Waals surface area contributed by atoms with Crippen LogP contribution in [-0.2, 0) is 14.3 Å². The molecule has 0 heterocycles. The zero-order chi connectivity index (χ0) is 12.3. The van der Waals surface area contributed by atoms with Crippen molar-refractivity contribution in [3.63, 3.8) is 0 Å². The van der Waals surface area contributed by atoms with Crippen LogP contribution in [0.4, 0.5) is 0 Å². The molecule has 0 atom stereocenters. The second-order valence-corrected chi connectivity index (χ2v) is 6.07. The number of hydrogen-bond acceptors (Lipinski definition) is 4. The van der Waals surface area contributed by atoms with E-state index in [9.17, 15) is 9.59 Å². The molecule has 0 bridgehead atoms. The molecule has 2 fully saturated rings. The monoisotopic (exact) mass is 257 g/mol. The van der Waals surface area contributed by atoms with Crippen LogP contribution in [0.5, 0.6) is 0 Å². The number of ether oxygens (including phenoxy) is 1. The molecule has 5 heteroatoms. The third kappa shape index (κ3) is 4.22. The van der Waals surface area contributed by atoms with E-state index in [-0.39, 0.29) is 17.3 Å². The molecule has 96 valence electrons. The normalized spacial score (nSPS) is 20.8. The summed E-state index contributed by atoms with van der Waals surface area (Å²) in [6.45, 7) is 0. The summed E-state index contributed by atoms with van der Waals surface area (Å²) >= 11 is 1.63. The van der Waals surface area contributed by atoms with Gasteiger partial charge in [-0.1, -0.05) is 0 Å². The Morgan fingerprint density at radius 3 is 2.65 bits per heavy atom. The molecular weight excluding hydrogens is 238 g/mol. The second-order valence-electron chi connectivity index (χ2n) is 5.09. The van der Waals surface area contributed by atoms with Crippen molar-refractivity contribution in [2.75, 3.05) is 18.6 Å². The number of carbonyl (C=O) groups excluding carboxylic acids is 2. The van der Waals surface area contributed by atoms with Gasteiger partial charge in [0.15, 0.2) is 0 Å². The minimum absolute atomic E-state index is 0.123. The fourth-order valence-electron chi connectivity index (χ4n) is 1.78. The first-order valence-electron chi connectivity index (χ1n) is 6.07. The molecule has 0 radical (unpaired) electrons. The molecule has 2 aliphatic carbocycles. The summed E-state index contributed by atoms with van der Waals surface area (Å²) in [6.07, 6.45) is 4.92. The molecule has 0 aromatic carbocycles. The molecule has 0 aromatic rings. The van der Waals surface area contributed by atoms with Gasteiger partial charge in [0.2, 0.25) is 5.91 Å². The number of rotatable bonds is 7. The van der Waals surface area contributed by atoms with E-state index in [0.29, 0.717) is 18.2 Å². The summed E-state index contributed by atoms with van der Waals surface area (Å²) in [4.78, 5) is 22.7. The van der Waals surface area contributed by atoms with Gasteiger partial charge in [-0.05, 0) is 36.9 Å². The number of hydrogen-bond donors (Lipinski definition) is 1. The van der Waals surface area contributed by atoms with Crippen molar-refractivity contribution in [1.29, 1.82) is 0 Å². The van der Waals surface area contributed by atoms with Crippen LogP contribution < -0.4 is 5.32 Å². The maximum Gasteiger partial charge on any atom is 0.306 e. The lowest BCUT2D eigenvalue weighted by Crippen LogP contribution is -2.27. The summed E-state index contributed by atoms with van der Waals surface area (Å²) in [6, 6.07) is 0.438. The highest BCUT2D eigenvalue weighted by molar-refractivity contribution is 7.99. The minimum Gasteiger partial charge on any atom is -0.469 e. The Hall–Kier alpha value is -0.710. The maximum absolute atomic E-state index is 11.5. The smallest absolute Gasteiger partial charge is 0.306 e. The first kappa shape index (κ1) is 12.7. The SMILES string of the molecule is COC(=O)CC1(CSCC(=O)NC2CC2)CC1. The van der Waals surface area contributed by atoms with E-state index in [0.717, 1.165) is 31.4 Å². The minimum atomic E-state index is -0.134. The Labute approximate surface area is 106 Å². The lowest BCUT2D eigenvalue weighted by molar-refractivity contribution is -0.141. The fourth-order valence-corrected chi connectivity index (χ4v) is 2.98. The highest BCUT2D eigenvalue weighted by Crippen LogP contribution is 2.51. The Morgan fingerprint density at radius 2 is 2.12 bits per heavy atom. The summed E-state index contributed by atoms with van der Waals surface area (Å²) in [5.74, 6) is 1.40. The molecule has 2 rings (SSSR count). The van der Waals surface area contributed by atoms with Crippen LogP contribution in [-0.4, -0.2) is 36.5 Å². The Morgan fingerprint density at radius 1 is 1.41 bits per heavy atom. The van der Waals surface area contributed by atoms with Crippen molar-refractivity contribution in [2.45, 2.75) is 38.1 Å². The number of nitrogens with one attached hydrogen (secondary N) is 1. The molecule has 17 heavy (non-hydrogen) atoms. The quantitative estimate of drug-likeness (QED) is 0.699. The molecule has 0 unspecified atom stereocenters. The molecule has 1 amide bonds. The molecule has 0 saturated heterocycles. The van der Waals surface area contributed by atoms with Gasteiger partial charge in [-0.15, -0.1) is 0 Å². The predicted octanol–water partition coefficient (Wildman–Crippen LogP) is 1.34. The van der Waals surface area contributed by atoms with E-state index in [1.165, 1.54) is 7.11 Å². The van der Waals surface area contributed by atoms with Gasteiger partial charge in [-0.2, -0.15) is 11.8 Å². The summed E-state index contributed by atoms with van der Waals surface area (Å²) in [5.41, 5.74) is 0.123. The van der Waals surface area contributed by atoms with Crippen molar-refractivity contribution < 1.29 is 14.3 Å². The molecule has 0 spiro atoms. The summed E-state index contributed by atoms with van der Waals surface area (Å²) in [5, 5.41) is 2.96. The van der Waals surface area contributed by atoms with E-state index < -0.39 is 0 Å². The number of carbonyl (C=O) groups is 2. The fraction of sp³-hybridized carbons (Fsp3) is 0.833. The van der Waals surface area contributed by atoms with Crippen LogP contribution in [0, 0.1) is 5.41 Å².